The van der Waals surface area contributed by atoms with Gasteiger partial charge in [-0.2, -0.15) is 13.2 Å². The SMILES string of the molecule is CN(CCCCC(C)(NC1CC1)C(N)=O)CCC(F)(F)F. The topological polar surface area (TPSA) is 58.4 Å². The van der Waals surface area contributed by atoms with Gasteiger partial charge in [0.15, 0.2) is 0 Å². The molecule has 1 aliphatic carbocycles. The third-order valence-electron chi connectivity index (χ3n) is 3.89. The molecule has 0 aliphatic heterocycles. The third-order valence-corrected chi connectivity index (χ3v) is 3.89. The van der Waals surface area contributed by atoms with Gasteiger partial charge in [-0.25, -0.2) is 0 Å². The number of alkyl halides is 3. The molecule has 124 valence electrons. The summed E-state index contributed by atoms with van der Waals surface area (Å²) in [5, 5.41) is 3.26. The fourth-order valence-corrected chi connectivity index (χ4v) is 2.23. The number of hydrogen-bond donors (Lipinski definition) is 2. The molecular formula is C14H26F3N3O. The summed E-state index contributed by atoms with van der Waals surface area (Å²) in [6, 6.07) is 0.386. The number of nitrogens with two attached hydrogens (primary N) is 1. The van der Waals surface area contributed by atoms with Crippen LogP contribution in [0.5, 0.6) is 0 Å². The number of carbonyl (C=O) groups excluding carboxylic acids is 1. The maximum atomic E-state index is 12.1. The number of nitrogens with one attached hydrogen (secondary N) is 1. The van der Waals surface area contributed by atoms with Crippen LogP contribution in [0.2, 0.25) is 0 Å². The van der Waals surface area contributed by atoms with Crippen LogP contribution in [0.4, 0.5) is 13.2 Å². The second-order valence-corrected chi connectivity index (χ2v) is 6.24. The predicted octanol–water partition coefficient (Wildman–Crippen LogP) is 2.04. The van der Waals surface area contributed by atoms with Crippen molar-refractivity contribution in [1.29, 1.82) is 0 Å². The van der Waals surface area contributed by atoms with Gasteiger partial charge in [0.05, 0.1) is 12.0 Å². The molecule has 0 bridgehead atoms. The van der Waals surface area contributed by atoms with Crippen molar-refractivity contribution in [1.82, 2.24) is 10.2 Å². The van der Waals surface area contributed by atoms with Crippen LogP contribution in [0, 0.1) is 0 Å². The van der Waals surface area contributed by atoms with Crippen molar-refractivity contribution in [3.05, 3.63) is 0 Å². The van der Waals surface area contributed by atoms with Crippen molar-refractivity contribution < 1.29 is 18.0 Å². The molecule has 0 radical (unpaired) electrons. The Bertz CT molecular complexity index is 345. The first-order chi connectivity index (χ1) is 9.62. The van der Waals surface area contributed by atoms with Crippen molar-refractivity contribution in [3.63, 3.8) is 0 Å². The van der Waals surface area contributed by atoms with Crippen LogP contribution in [0.3, 0.4) is 0 Å². The zero-order chi connectivity index (χ0) is 16.1. The molecule has 1 amide bonds. The minimum atomic E-state index is -4.10. The molecule has 7 heteroatoms. The summed E-state index contributed by atoms with van der Waals surface area (Å²) < 4.78 is 36.3. The van der Waals surface area contributed by atoms with Gasteiger partial charge in [-0.1, -0.05) is 0 Å². The Kier molecular flexibility index (Phi) is 6.46. The second kappa shape index (κ2) is 7.45. The Labute approximate surface area is 124 Å². The minimum absolute atomic E-state index is 0.0108. The lowest BCUT2D eigenvalue weighted by Gasteiger charge is -2.28. The van der Waals surface area contributed by atoms with E-state index in [9.17, 15) is 18.0 Å². The first kappa shape index (κ1) is 18.2. The zero-order valence-corrected chi connectivity index (χ0v) is 12.8. The number of primary amides is 1. The molecule has 21 heavy (non-hydrogen) atoms. The number of amides is 1. The van der Waals surface area contributed by atoms with Gasteiger partial charge >= 0.3 is 6.18 Å². The van der Waals surface area contributed by atoms with Crippen LogP contribution in [0.25, 0.3) is 0 Å². The van der Waals surface area contributed by atoms with Gasteiger partial charge in [-0.15, -0.1) is 0 Å². The van der Waals surface area contributed by atoms with Gasteiger partial charge in [0.25, 0.3) is 0 Å². The molecule has 1 aliphatic rings. The quantitative estimate of drug-likeness (QED) is 0.607. The largest absolute Gasteiger partial charge is 0.390 e. The minimum Gasteiger partial charge on any atom is -0.368 e. The van der Waals surface area contributed by atoms with E-state index in [-0.39, 0.29) is 12.5 Å². The van der Waals surface area contributed by atoms with E-state index >= 15 is 0 Å². The highest BCUT2D eigenvalue weighted by atomic mass is 19.4. The van der Waals surface area contributed by atoms with E-state index in [0.29, 0.717) is 19.0 Å². The number of rotatable bonds is 10. The van der Waals surface area contributed by atoms with E-state index < -0.39 is 18.1 Å². The molecule has 1 fully saturated rings. The average molecular weight is 309 g/mol. The number of halogens is 3. The Balaban J connectivity index is 2.20. The molecule has 0 aromatic heterocycles. The smallest absolute Gasteiger partial charge is 0.368 e. The lowest BCUT2D eigenvalue weighted by atomic mass is 9.93. The van der Waals surface area contributed by atoms with Gasteiger partial charge in [0.1, 0.15) is 0 Å². The van der Waals surface area contributed by atoms with E-state index in [1.807, 2.05) is 0 Å². The number of unbranched alkanes of at least 4 members (excludes halogenated alkanes) is 1. The first-order valence-electron chi connectivity index (χ1n) is 7.45. The molecule has 1 unspecified atom stereocenters. The predicted molar refractivity (Wildman–Crippen MR) is 75.8 cm³/mol. The standard InChI is InChI=1S/C14H26F3N3O/c1-13(12(18)21,19-11-5-6-11)7-3-4-9-20(2)10-8-14(15,16)17/h11,19H,3-10H2,1-2H3,(H2,18,21). The first-order valence-corrected chi connectivity index (χ1v) is 7.45. The van der Waals surface area contributed by atoms with Gasteiger partial charge < -0.3 is 16.0 Å². The van der Waals surface area contributed by atoms with E-state index in [1.165, 1.54) is 0 Å². The van der Waals surface area contributed by atoms with Crippen molar-refractivity contribution in [3.8, 4) is 0 Å². The van der Waals surface area contributed by atoms with Crippen molar-refractivity contribution in [2.75, 3.05) is 20.1 Å². The highest BCUT2D eigenvalue weighted by Gasteiger charge is 2.36. The highest BCUT2D eigenvalue weighted by Crippen LogP contribution is 2.25. The average Bonchev–Trinajstić information content (AvgIpc) is 3.15. The lowest BCUT2D eigenvalue weighted by molar-refractivity contribution is -0.137. The van der Waals surface area contributed by atoms with Crippen LogP contribution >= 0.6 is 0 Å². The summed E-state index contributed by atoms with van der Waals surface area (Å²) in [6.07, 6.45) is -0.615. The fourth-order valence-electron chi connectivity index (χ4n) is 2.23. The van der Waals surface area contributed by atoms with Crippen molar-refractivity contribution in [2.24, 2.45) is 5.73 Å². The summed E-state index contributed by atoms with van der Waals surface area (Å²) in [5.41, 5.74) is 4.75. The molecule has 4 nitrogen and oxygen atoms in total. The maximum absolute atomic E-state index is 12.1. The van der Waals surface area contributed by atoms with Crippen molar-refractivity contribution in [2.45, 2.75) is 63.2 Å². The van der Waals surface area contributed by atoms with Crippen LogP contribution < -0.4 is 11.1 Å². The number of nitrogens with zero attached hydrogens (tertiary/aromatic N) is 1. The van der Waals surface area contributed by atoms with Gasteiger partial charge in [0, 0.05) is 12.6 Å². The Morgan fingerprint density at radius 3 is 2.33 bits per heavy atom. The fraction of sp³-hybridized carbons (Fsp3) is 0.929. The molecule has 1 rings (SSSR count). The molecule has 1 saturated carbocycles. The van der Waals surface area contributed by atoms with Crippen LogP contribution in [-0.2, 0) is 4.79 Å². The van der Waals surface area contributed by atoms with Gasteiger partial charge in [0.2, 0.25) is 5.91 Å². The molecule has 0 aromatic carbocycles. The number of hydrogen-bond acceptors (Lipinski definition) is 3. The molecule has 0 saturated heterocycles. The third kappa shape index (κ3) is 7.66. The second-order valence-electron chi connectivity index (χ2n) is 6.24. The normalized spacial score (nSPS) is 18.8. The monoisotopic (exact) mass is 309 g/mol. The summed E-state index contributed by atoms with van der Waals surface area (Å²) in [5.74, 6) is -0.361. The van der Waals surface area contributed by atoms with E-state index in [1.54, 1.807) is 18.9 Å². The summed E-state index contributed by atoms with van der Waals surface area (Å²) in [6.45, 7) is 2.41. The summed E-state index contributed by atoms with van der Waals surface area (Å²) >= 11 is 0. The van der Waals surface area contributed by atoms with Crippen molar-refractivity contribution >= 4 is 5.91 Å². The Morgan fingerprint density at radius 1 is 1.24 bits per heavy atom. The van der Waals surface area contributed by atoms with Crippen LogP contribution in [-0.4, -0.2) is 48.7 Å². The van der Waals surface area contributed by atoms with E-state index in [2.05, 4.69) is 5.32 Å². The van der Waals surface area contributed by atoms with E-state index in [0.717, 1.165) is 25.7 Å². The Hall–Kier alpha value is -0.820. The molecule has 0 heterocycles. The summed E-state index contributed by atoms with van der Waals surface area (Å²) in [4.78, 5) is 13.2. The molecule has 0 aromatic rings. The van der Waals surface area contributed by atoms with Gasteiger partial charge in [-0.3, -0.25) is 4.79 Å². The van der Waals surface area contributed by atoms with Crippen LogP contribution in [0.1, 0.15) is 45.4 Å². The maximum Gasteiger partial charge on any atom is 0.390 e. The molecule has 3 N–H and O–H groups in total. The summed E-state index contributed by atoms with van der Waals surface area (Å²) in [7, 11) is 1.68. The molecular weight excluding hydrogens is 283 g/mol. The zero-order valence-electron chi connectivity index (χ0n) is 12.8. The lowest BCUT2D eigenvalue weighted by Crippen LogP contribution is -2.54. The van der Waals surface area contributed by atoms with Crippen LogP contribution in [0.15, 0.2) is 0 Å². The highest BCUT2D eigenvalue weighted by molar-refractivity contribution is 5.84. The van der Waals surface area contributed by atoms with E-state index in [4.69, 9.17) is 5.73 Å². The van der Waals surface area contributed by atoms with Gasteiger partial charge in [-0.05, 0) is 52.6 Å². The number of carbonyl (C=O) groups is 1. The molecule has 1 atom stereocenters. The molecule has 0 spiro atoms. The Morgan fingerprint density at radius 2 is 1.86 bits per heavy atom.